The van der Waals surface area contributed by atoms with Crippen LogP contribution in [0.3, 0.4) is 0 Å². The van der Waals surface area contributed by atoms with Crippen molar-refractivity contribution in [1.82, 2.24) is 14.6 Å². The van der Waals surface area contributed by atoms with E-state index in [-0.39, 0.29) is 23.9 Å². The molecule has 1 amide bonds. The fourth-order valence-electron chi connectivity index (χ4n) is 3.65. The van der Waals surface area contributed by atoms with Crippen molar-refractivity contribution in [1.29, 1.82) is 0 Å². The highest BCUT2D eigenvalue weighted by molar-refractivity contribution is 7.89. The van der Waals surface area contributed by atoms with Gasteiger partial charge in [-0.3, -0.25) is 4.79 Å². The van der Waals surface area contributed by atoms with E-state index in [9.17, 15) is 13.2 Å². The summed E-state index contributed by atoms with van der Waals surface area (Å²) >= 11 is 0. The molecule has 0 bridgehead atoms. The van der Waals surface area contributed by atoms with Gasteiger partial charge in [0.25, 0.3) is 0 Å². The number of nitrogens with one attached hydrogen (secondary N) is 2. The van der Waals surface area contributed by atoms with Crippen LogP contribution >= 0.6 is 0 Å². The summed E-state index contributed by atoms with van der Waals surface area (Å²) in [5.41, 5.74) is 2.98. The van der Waals surface area contributed by atoms with Crippen LogP contribution in [0.2, 0.25) is 0 Å². The average Bonchev–Trinajstić information content (AvgIpc) is 3.23. The lowest BCUT2D eigenvalue weighted by Crippen LogP contribution is -2.40. The Balaban J connectivity index is 1.44. The quantitative estimate of drug-likeness (QED) is 0.410. The van der Waals surface area contributed by atoms with Gasteiger partial charge >= 0.3 is 0 Å². The predicted molar refractivity (Wildman–Crippen MR) is 125 cm³/mol. The van der Waals surface area contributed by atoms with Crippen molar-refractivity contribution >= 4 is 26.8 Å². The van der Waals surface area contributed by atoms with E-state index in [0.717, 1.165) is 22.0 Å². The van der Waals surface area contributed by atoms with Crippen LogP contribution in [0.25, 0.3) is 10.9 Å². The van der Waals surface area contributed by atoms with E-state index in [1.54, 1.807) is 30.3 Å². The number of hydrogen-bond acceptors (Lipinski definition) is 3. The Labute approximate surface area is 187 Å². The topological polar surface area (TPSA) is 82.3 Å². The van der Waals surface area contributed by atoms with Crippen LogP contribution in [0.5, 0.6) is 0 Å². The number of hydrogen-bond donors (Lipinski definition) is 2. The average molecular weight is 448 g/mol. The van der Waals surface area contributed by atoms with Gasteiger partial charge in [-0.25, -0.2) is 8.42 Å². The first-order valence-corrected chi connectivity index (χ1v) is 11.9. The lowest BCUT2D eigenvalue weighted by atomic mass is 10.1. The van der Waals surface area contributed by atoms with Crippen LogP contribution in [0.1, 0.15) is 11.1 Å². The van der Waals surface area contributed by atoms with E-state index in [4.69, 9.17) is 0 Å². The molecular formula is C25H25N3O3S. The van der Waals surface area contributed by atoms with Crippen LogP contribution in [-0.4, -0.2) is 36.7 Å². The smallest absolute Gasteiger partial charge is 0.243 e. The standard InChI is InChI=1S/C25H25N3O3S/c29-25(26-16-15-21-17-27-24-14-8-7-13-23(21)24)19-28(18-20-9-3-1-4-10-20)32(30,31)22-11-5-2-6-12-22/h1-14,17,27H,15-16,18-19H2,(H,26,29). The predicted octanol–water partition coefficient (Wildman–Crippen LogP) is 3.72. The fourth-order valence-corrected chi connectivity index (χ4v) is 5.05. The van der Waals surface area contributed by atoms with Gasteiger partial charge in [-0.15, -0.1) is 0 Å². The molecule has 0 radical (unpaired) electrons. The molecule has 1 heterocycles. The molecule has 0 atom stereocenters. The molecule has 2 N–H and O–H groups in total. The molecule has 0 spiro atoms. The summed E-state index contributed by atoms with van der Waals surface area (Å²) in [5.74, 6) is -0.333. The first kappa shape index (κ1) is 21.8. The van der Waals surface area contributed by atoms with E-state index in [0.29, 0.717) is 13.0 Å². The van der Waals surface area contributed by atoms with Crippen molar-refractivity contribution in [3.63, 3.8) is 0 Å². The van der Waals surface area contributed by atoms with Gasteiger partial charge in [-0.05, 0) is 35.7 Å². The van der Waals surface area contributed by atoms with Crippen molar-refractivity contribution in [2.24, 2.45) is 0 Å². The molecule has 6 nitrogen and oxygen atoms in total. The van der Waals surface area contributed by atoms with Crippen LogP contribution in [-0.2, 0) is 27.8 Å². The first-order chi connectivity index (χ1) is 15.5. The number of sulfonamides is 1. The highest BCUT2D eigenvalue weighted by Crippen LogP contribution is 2.19. The molecule has 0 saturated heterocycles. The van der Waals surface area contributed by atoms with Gasteiger partial charge in [0.1, 0.15) is 0 Å². The summed E-state index contributed by atoms with van der Waals surface area (Å²) < 4.78 is 27.7. The van der Waals surface area contributed by atoms with Gasteiger partial charge in [0.2, 0.25) is 15.9 Å². The van der Waals surface area contributed by atoms with E-state index >= 15 is 0 Å². The molecule has 164 valence electrons. The zero-order chi connectivity index (χ0) is 22.4. The Morgan fingerprint density at radius 1 is 0.875 bits per heavy atom. The summed E-state index contributed by atoms with van der Waals surface area (Å²) in [4.78, 5) is 16.1. The number of H-pyrrole nitrogens is 1. The number of para-hydroxylation sites is 1. The third-order valence-corrected chi connectivity index (χ3v) is 7.10. The Morgan fingerprint density at radius 3 is 2.28 bits per heavy atom. The Kier molecular flexibility index (Phi) is 6.68. The number of rotatable bonds is 9. The largest absolute Gasteiger partial charge is 0.361 e. The molecule has 0 aliphatic rings. The molecule has 0 aliphatic heterocycles. The van der Waals surface area contributed by atoms with E-state index < -0.39 is 10.0 Å². The molecule has 7 heteroatoms. The molecule has 0 aliphatic carbocycles. The van der Waals surface area contributed by atoms with E-state index in [2.05, 4.69) is 10.3 Å². The lowest BCUT2D eigenvalue weighted by molar-refractivity contribution is -0.121. The molecule has 1 aromatic heterocycles. The minimum atomic E-state index is -3.82. The van der Waals surface area contributed by atoms with E-state index in [1.807, 2.05) is 60.8 Å². The van der Waals surface area contributed by atoms with Gasteiger partial charge in [0, 0.05) is 30.2 Å². The van der Waals surface area contributed by atoms with E-state index in [1.165, 1.54) is 4.31 Å². The summed E-state index contributed by atoms with van der Waals surface area (Å²) in [6.45, 7) is 0.291. The van der Waals surface area contributed by atoms with Crippen molar-refractivity contribution in [3.8, 4) is 0 Å². The van der Waals surface area contributed by atoms with Crippen LogP contribution in [0.15, 0.2) is 96.0 Å². The molecule has 0 fully saturated rings. The minimum Gasteiger partial charge on any atom is -0.361 e. The Bertz CT molecular complexity index is 1290. The zero-order valence-electron chi connectivity index (χ0n) is 17.6. The maximum atomic E-state index is 13.2. The van der Waals surface area contributed by atoms with Gasteiger partial charge in [-0.2, -0.15) is 4.31 Å². The number of carbonyl (C=O) groups excluding carboxylic acids is 1. The Hall–Kier alpha value is -3.42. The lowest BCUT2D eigenvalue weighted by Gasteiger charge is -2.22. The van der Waals surface area contributed by atoms with Crippen LogP contribution in [0.4, 0.5) is 0 Å². The second kappa shape index (κ2) is 9.80. The number of benzene rings is 3. The van der Waals surface area contributed by atoms with Crippen molar-refractivity contribution in [2.75, 3.05) is 13.1 Å². The summed E-state index contributed by atoms with van der Waals surface area (Å²) in [5, 5.41) is 3.99. The van der Waals surface area contributed by atoms with Gasteiger partial charge < -0.3 is 10.3 Å². The summed E-state index contributed by atoms with van der Waals surface area (Å²) in [6.07, 6.45) is 2.60. The summed E-state index contributed by atoms with van der Waals surface area (Å²) in [6, 6.07) is 25.5. The molecule has 4 rings (SSSR count). The second-order valence-corrected chi connectivity index (χ2v) is 9.47. The molecular weight excluding hydrogens is 422 g/mol. The number of aromatic amines is 1. The van der Waals surface area contributed by atoms with Crippen LogP contribution < -0.4 is 5.32 Å². The molecule has 0 unspecified atom stereocenters. The zero-order valence-corrected chi connectivity index (χ0v) is 18.4. The van der Waals surface area contributed by atoms with Crippen molar-refractivity contribution in [2.45, 2.75) is 17.9 Å². The maximum Gasteiger partial charge on any atom is 0.243 e. The normalized spacial score (nSPS) is 11.7. The molecule has 4 aromatic rings. The number of amides is 1. The summed E-state index contributed by atoms with van der Waals surface area (Å²) in [7, 11) is -3.82. The number of carbonyl (C=O) groups is 1. The third-order valence-electron chi connectivity index (χ3n) is 5.29. The van der Waals surface area contributed by atoms with Gasteiger partial charge in [0.05, 0.1) is 11.4 Å². The first-order valence-electron chi connectivity index (χ1n) is 10.4. The highest BCUT2D eigenvalue weighted by atomic mass is 32.2. The van der Waals surface area contributed by atoms with Crippen molar-refractivity contribution in [3.05, 3.63) is 102 Å². The molecule has 3 aromatic carbocycles. The molecule has 0 saturated carbocycles. The Morgan fingerprint density at radius 2 is 1.53 bits per heavy atom. The number of fused-ring (bicyclic) bond motifs is 1. The number of aromatic nitrogens is 1. The maximum absolute atomic E-state index is 13.2. The minimum absolute atomic E-state index is 0.119. The highest BCUT2D eigenvalue weighted by Gasteiger charge is 2.26. The number of nitrogens with zero attached hydrogens (tertiary/aromatic N) is 1. The SMILES string of the molecule is O=C(CN(Cc1ccccc1)S(=O)(=O)c1ccccc1)NCCc1c[nH]c2ccccc12. The monoisotopic (exact) mass is 447 g/mol. The van der Waals surface area contributed by atoms with Gasteiger partial charge in [-0.1, -0.05) is 66.7 Å². The molecule has 32 heavy (non-hydrogen) atoms. The van der Waals surface area contributed by atoms with Crippen molar-refractivity contribution < 1.29 is 13.2 Å². The van der Waals surface area contributed by atoms with Crippen LogP contribution in [0, 0.1) is 0 Å². The second-order valence-electron chi connectivity index (χ2n) is 7.53. The third kappa shape index (κ3) is 5.07. The van der Waals surface area contributed by atoms with Gasteiger partial charge in [0.15, 0.2) is 0 Å². The fraction of sp³-hybridized carbons (Fsp3) is 0.160.